The zero-order valence-electron chi connectivity index (χ0n) is 27.0. The summed E-state index contributed by atoms with van der Waals surface area (Å²) >= 11 is 0. The second-order valence-electron chi connectivity index (χ2n) is 11.2. The lowest BCUT2D eigenvalue weighted by atomic mass is 9.96. The van der Waals surface area contributed by atoms with Gasteiger partial charge in [-0.15, -0.1) is 0 Å². The number of rotatable bonds is 11. The normalized spacial score (nSPS) is 13.9. The van der Waals surface area contributed by atoms with Crippen LogP contribution in [0.5, 0.6) is 5.75 Å². The molecule has 258 valence electrons. The lowest BCUT2D eigenvalue weighted by molar-refractivity contribution is -0.142. The molecule has 1 aliphatic heterocycles. The third kappa shape index (κ3) is 7.37. The Morgan fingerprint density at radius 2 is 1.82 bits per heavy atom. The minimum absolute atomic E-state index is 0.0162. The van der Waals surface area contributed by atoms with Crippen molar-refractivity contribution in [3.8, 4) is 17.0 Å². The lowest BCUT2D eigenvalue weighted by Crippen LogP contribution is -2.50. The molecule has 0 bridgehead atoms. The van der Waals surface area contributed by atoms with E-state index in [4.69, 9.17) is 14.6 Å². The van der Waals surface area contributed by atoms with Gasteiger partial charge in [0.2, 0.25) is 11.7 Å². The molecule has 4 aromatic rings. The highest BCUT2D eigenvalue weighted by Gasteiger charge is 2.29. The first-order valence-electron chi connectivity index (χ1n) is 15.4. The fourth-order valence-corrected chi connectivity index (χ4v) is 5.67. The van der Waals surface area contributed by atoms with E-state index >= 15 is 0 Å². The van der Waals surface area contributed by atoms with Crippen molar-refractivity contribution in [1.29, 1.82) is 0 Å². The number of halogens is 2. The highest BCUT2D eigenvalue weighted by atomic mass is 19.2. The molecule has 0 saturated carbocycles. The maximum Gasteiger partial charge on any atom is 0.407 e. The maximum absolute atomic E-state index is 14.9. The van der Waals surface area contributed by atoms with Crippen molar-refractivity contribution in [2.24, 2.45) is 5.92 Å². The standard InChI is InChI=1S/C33H35F2N7O7/c1-4-18-15-20(39-28-29-37-17-24(42(29)14-11-36-28)22-7-8-25(48-2)27(35)26(22)34)5-6-21(18)31(44)40-23(32(45)49-3)16-38-30(43)19-9-12-41(13-10-19)33(46)47/h5-8,11,14-15,17,19,23H,4,9-10,12-13,16H2,1-3H3,(H,36,39)(H,38,43)(H,40,44)(H,46,47). The number of anilines is 2. The quantitative estimate of drug-likeness (QED) is 0.171. The zero-order chi connectivity index (χ0) is 35.2. The largest absolute Gasteiger partial charge is 0.494 e. The summed E-state index contributed by atoms with van der Waals surface area (Å²) in [5, 5.41) is 17.6. The third-order valence-electron chi connectivity index (χ3n) is 8.37. The van der Waals surface area contributed by atoms with E-state index in [1.165, 1.54) is 43.6 Å². The van der Waals surface area contributed by atoms with Gasteiger partial charge in [-0.25, -0.2) is 23.9 Å². The number of aryl methyl sites for hydroxylation is 1. The van der Waals surface area contributed by atoms with Crippen LogP contribution in [0.25, 0.3) is 16.9 Å². The van der Waals surface area contributed by atoms with Crippen molar-refractivity contribution >= 4 is 41.0 Å². The molecule has 2 aromatic heterocycles. The number of hydrogen-bond donors (Lipinski definition) is 4. The van der Waals surface area contributed by atoms with E-state index in [0.29, 0.717) is 53.2 Å². The molecule has 1 saturated heterocycles. The molecule has 0 spiro atoms. The molecule has 2 aromatic carbocycles. The van der Waals surface area contributed by atoms with Crippen LogP contribution in [0.3, 0.4) is 0 Å². The van der Waals surface area contributed by atoms with E-state index in [1.54, 1.807) is 28.8 Å². The van der Waals surface area contributed by atoms with Gasteiger partial charge in [0.05, 0.1) is 26.1 Å². The topological polar surface area (TPSA) is 176 Å². The number of imidazole rings is 1. The van der Waals surface area contributed by atoms with Crippen LogP contribution in [0.1, 0.15) is 35.7 Å². The van der Waals surface area contributed by atoms with E-state index in [2.05, 4.69) is 25.9 Å². The molecular weight excluding hydrogens is 644 g/mol. The molecule has 1 unspecified atom stereocenters. The average molecular weight is 680 g/mol. The SMILES string of the molecule is CCc1cc(Nc2nccn3c(-c4ccc(OC)c(F)c4F)cnc23)ccc1C(=O)NC(CNC(=O)C1CCN(C(=O)O)CC1)C(=O)OC. The number of aromatic nitrogens is 3. The Labute approximate surface area is 279 Å². The van der Waals surface area contributed by atoms with Gasteiger partial charge in [0.1, 0.15) is 6.04 Å². The Morgan fingerprint density at radius 1 is 1.06 bits per heavy atom. The predicted octanol–water partition coefficient (Wildman–Crippen LogP) is 3.77. The molecule has 3 heterocycles. The summed E-state index contributed by atoms with van der Waals surface area (Å²) < 4.78 is 40.6. The zero-order valence-corrected chi connectivity index (χ0v) is 27.0. The van der Waals surface area contributed by atoms with Gasteiger partial charge >= 0.3 is 12.1 Å². The number of amides is 3. The Morgan fingerprint density at radius 3 is 2.49 bits per heavy atom. The Bertz CT molecular complexity index is 1890. The van der Waals surface area contributed by atoms with Crippen molar-refractivity contribution in [3.05, 3.63) is 71.7 Å². The van der Waals surface area contributed by atoms with Crippen molar-refractivity contribution in [2.45, 2.75) is 32.2 Å². The van der Waals surface area contributed by atoms with E-state index < -0.39 is 41.6 Å². The highest BCUT2D eigenvalue weighted by Crippen LogP contribution is 2.32. The third-order valence-corrected chi connectivity index (χ3v) is 8.37. The van der Waals surface area contributed by atoms with Crippen molar-refractivity contribution in [2.75, 3.05) is 39.2 Å². The maximum atomic E-state index is 14.9. The van der Waals surface area contributed by atoms with Crippen molar-refractivity contribution in [1.82, 2.24) is 29.9 Å². The number of nitrogens with zero attached hydrogens (tertiary/aromatic N) is 4. The average Bonchev–Trinajstić information content (AvgIpc) is 3.55. The number of methoxy groups -OCH3 is 2. The van der Waals surface area contributed by atoms with Crippen LogP contribution >= 0.6 is 0 Å². The van der Waals surface area contributed by atoms with E-state index in [1.807, 2.05) is 6.92 Å². The van der Waals surface area contributed by atoms with E-state index in [0.717, 1.165) is 0 Å². The number of benzene rings is 2. The molecule has 1 aliphatic rings. The summed E-state index contributed by atoms with van der Waals surface area (Å²) in [4.78, 5) is 59.8. The van der Waals surface area contributed by atoms with E-state index in [9.17, 15) is 28.0 Å². The molecular formula is C33H35F2N7O7. The van der Waals surface area contributed by atoms with Crippen LogP contribution in [-0.4, -0.2) is 88.1 Å². The fourth-order valence-electron chi connectivity index (χ4n) is 5.67. The minimum Gasteiger partial charge on any atom is -0.494 e. The first kappa shape index (κ1) is 34.5. The van der Waals surface area contributed by atoms with Crippen molar-refractivity contribution < 1.29 is 42.5 Å². The van der Waals surface area contributed by atoms with Gasteiger partial charge in [-0.2, -0.15) is 4.39 Å². The summed E-state index contributed by atoms with van der Waals surface area (Å²) in [5.41, 5.74) is 2.10. The minimum atomic E-state index is -1.18. The molecule has 0 radical (unpaired) electrons. The van der Waals surface area contributed by atoms with Gasteiger partial charge in [-0.1, -0.05) is 6.92 Å². The number of ether oxygens (including phenoxy) is 2. The van der Waals surface area contributed by atoms with Gasteiger partial charge in [0, 0.05) is 54.8 Å². The Kier molecular flexibility index (Phi) is 10.5. The van der Waals surface area contributed by atoms with Crippen LogP contribution in [0.2, 0.25) is 0 Å². The molecule has 5 rings (SSSR count). The lowest BCUT2D eigenvalue weighted by Gasteiger charge is -2.29. The van der Waals surface area contributed by atoms with Gasteiger partial charge in [-0.05, 0) is 55.2 Å². The molecule has 4 N–H and O–H groups in total. The second kappa shape index (κ2) is 15.0. The smallest absolute Gasteiger partial charge is 0.407 e. The molecule has 49 heavy (non-hydrogen) atoms. The van der Waals surface area contributed by atoms with Crippen molar-refractivity contribution in [3.63, 3.8) is 0 Å². The molecule has 0 aliphatic carbocycles. The van der Waals surface area contributed by atoms with Crippen LogP contribution in [0, 0.1) is 17.6 Å². The monoisotopic (exact) mass is 679 g/mol. The van der Waals surface area contributed by atoms with Gasteiger partial charge in [0.25, 0.3) is 5.91 Å². The molecule has 3 amide bonds. The number of fused-ring (bicyclic) bond motifs is 1. The summed E-state index contributed by atoms with van der Waals surface area (Å²) in [6.45, 7) is 2.10. The molecule has 1 atom stereocenters. The van der Waals surface area contributed by atoms with Gasteiger partial charge in [0.15, 0.2) is 23.0 Å². The van der Waals surface area contributed by atoms with Crippen LogP contribution in [0.15, 0.2) is 48.9 Å². The van der Waals surface area contributed by atoms with E-state index in [-0.39, 0.29) is 36.9 Å². The Balaban J connectivity index is 1.29. The second-order valence-corrected chi connectivity index (χ2v) is 11.2. The van der Waals surface area contributed by atoms with Crippen LogP contribution in [0.4, 0.5) is 25.1 Å². The number of likely N-dealkylation sites (tertiary alicyclic amines) is 1. The number of carbonyl (C=O) groups excluding carboxylic acids is 3. The van der Waals surface area contributed by atoms with Crippen LogP contribution in [-0.2, 0) is 20.7 Å². The number of esters is 1. The number of carboxylic acid groups (broad SMARTS) is 1. The van der Waals surface area contributed by atoms with Gasteiger partial charge in [-0.3, -0.25) is 14.0 Å². The first-order chi connectivity index (χ1) is 23.6. The number of carbonyl (C=O) groups is 4. The predicted molar refractivity (Wildman–Crippen MR) is 173 cm³/mol. The summed E-state index contributed by atoms with van der Waals surface area (Å²) in [5.74, 6) is -4.17. The summed E-state index contributed by atoms with van der Waals surface area (Å²) in [7, 11) is 2.42. The number of hydrogen-bond acceptors (Lipinski definition) is 9. The summed E-state index contributed by atoms with van der Waals surface area (Å²) in [6, 6.07) is 6.50. The number of nitrogens with one attached hydrogen (secondary N) is 3. The number of piperidine rings is 1. The fraction of sp³-hybridized carbons (Fsp3) is 0.333. The van der Waals surface area contributed by atoms with Crippen LogP contribution < -0.4 is 20.7 Å². The molecule has 1 fully saturated rings. The highest BCUT2D eigenvalue weighted by molar-refractivity contribution is 5.98. The molecule has 16 heteroatoms. The van der Waals surface area contributed by atoms with Gasteiger partial charge < -0.3 is 35.4 Å². The Hall–Kier alpha value is -5.80. The first-order valence-corrected chi connectivity index (χ1v) is 15.4. The summed E-state index contributed by atoms with van der Waals surface area (Å²) in [6.07, 6.45) is 4.55. The molecule has 14 nitrogen and oxygen atoms in total.